The van der Waals surface area contributed by atoms with Gasteiger partial charge >= 0.3 is 0 Å². The zero-order valence-electron chi connectivity index (χ0n) is 7.59. The molecular weight excluding hydrogens is 150 g/mol. The van der Waals surface area contributed by atoms with Crippen LogP contribution in [0.25, 0.3) is 0 Å². The lowest BCUT2D eigenvalue weighted by Gasteiger charge is -2.07. The lowest BCUT2D eigenvalue weighted by atomic mass is 10.2. The maximum atomic E-state index is 4.24. The Hall–Kier alpha value is -1.09. The molecule has 0 aromatic carbocycles. The van der Waals surface area contributed by atoms with Crippen LogP contribution in [0.4, 0.5) is 5.82 Å². The van der Waals surface area contributed by atoms with Gasteiger partial charge in [-0.3, -0.25) is 0 Å². The van der Waals surface area contributed by atoms with E-state index in [2.05, 4.69) is 28.6 Å². The normalized spacial score (nSPS) is 9.83. The van der Waals surface area contributed by atoms with E-state index in [0.29, 0.717) is 0 Å². The second-order valence-electron chi connectivity index (χ2n) is 2.57. The van der Waals surface area contributed by atoms with Gasteiger partial charge in [0, 0.05) is 24.8 Å². The van der Waals surface area contributed by atoms with Crippen LogP contribution in [-0.4, -0.2) is 18.6 Å². The highest BCUT2D eigenvalue weighted by atomic mass is 15.0. The summed E-state index contributed by atoms with van der Waals surface area (Å²) in [4.78, 5) is 4.24. The number of anilines is 1. The van der Waals surface area contributed by atoms with Gasteiger partial charge in [-0.05, 0) is 20.0 Å². The number of rotatable bonds is 4. The summed E-state index contributed by atoms with van der Waals surface area (Å²) >= 11 is 0. The van der Waals surface area contributed by atoms with Gasteiger partial charge < -0.3 is 10.6 Å². The molecule has 0 aliphatic carbocycles. The van der Waals surface area contributed by atoms with Gasteiger partial charge in [0.15, 0.2) is 0 Å². The number of aromatic nitrogens is 1. The number of hydrogen-bond donors (Lipinski definition) is 2. The van der Waals surface area contributed by atoms with E-state index in [-0.39, 0.29) is 0 Å². The Bertz CT molecular complexity index is 210. The summed E-state index contributed by atoms with van der Waals surface area (Å²) in [5.41, 5.74) is 1.21. The lowest BCUT2D eigenvalue weighted by Crippen LogP contribution is -2.10. The fourth-order valence-electron chi connectivity index (χ4n) is 1.10. The molecule has 0 aliphatic rings. The molecule has 0 unspecified atom stereocenters. The van der Waals surface area contributed by atoms with Crippen LogP contribution in [0, 0.1) is 0 Å². The van der Waals surface area contributed by atoms with Crippen molar-refractivity contribution in [2.45, 2.75) is 13.5 Å². The predicted molar refractivity (Wildman–Crippen MR) is 51.2 cm³/mol. The molecule has 1 heterocycles. The largest absolute Gasteiger partial charge is 0.370 e. The van der Waals surface area contributed by atoms with Crippen molar-refractivity contribution < 1.29 is 0 Å². The summed E-state index contributed by atoms with van der Waals surface area (Å²) in [5, 5.41) is 6.31. The summed E-state index contributed by atoms with van der Waals surface area (Å²) in [5.74, 6) is 0.981. The van der Waals surface area contributed by atoms with Crippen molar-refractivity contribution in [1.29, 1.82) is 0 Å². The standard InChI is InChI=1S/C9H15N3/c1-3-11-9-8(7-10-2)5-4-6-12-9/h4-6,10H,3,7H2,1-2H3,(H,11,12). The van der Waals surface area contributed by atoms with E-state index in [1.165, 1.54) is 5.56 Å². The van der Waals surface area contributed by atoms with Gasteiger partial charge in [-0.2, -0.15) is 0 Å². The van der Waals surface area contributed by atoms with Crippen LogP contribution in [0.3, 0.4) is 0 Å². The summed E-state index contributed by atoms with van der Waals surface area (Å²) in [7, 11) is 1.93. The summed E-state index contributed by atoms with van der Waals surface area (Å²) < 4.78 is 0. The minimum absolute atomic E-state index is 0.857. The molecule has 66 valence electrons. The highest BCUT2D eigenvalue weighted by Crippen LogP contribution is 2.09. The minimum Gasteiger partial charge on any atom is -0.370 e. The van der Waals surface area contributed by atoms with E-state index in [9.17, 15) is 0 Å². The first-order chi connectivity index (χ1) is 5.88. The smallest absolute Gasteiger partial charge is 0.130 e. The average Bonchev–Trinajstić information content (AvgIpc) is 2.09. The predicted octanol–water partition coefficient (Wildman–Crippen LogP) is 1.23. The molecule has 1 rings (SSSR count). The van der Waals surface area contributed by atoms with Crippen molar-refractivity contribution in [2.75, 3.05) is 18.9 Å². The molecule has 0 bridgehead atoms. The zero-order chi connectivity index (χ0) is 8.81. The van der Waals surface area contributed by atoms with Crippen molar-refractivity contribution in [3.63, 3.8) is 0 Å². The molecular formula is C9H15N3. The van der Waals surface area contributed by atoms with Crippen LogP contribution < -0.4 is 10.6 Å². The number of nitrogens with one attached hydrogen (secondary N) is 2. The molecule has 0 fully saturated rings. The maximum Gasteiger partial charge on any atom is 0.130 e. The third-order valence-electron chi connectivity index (χ3n) is 1.60. The summed E-state index contributed by atoms with van der Waals surface area (Å²) in [6.45, 7) is 3.84. The molecule has 0 atom stereocenters. The quantitative estimate of drug-likeness (QED) is 0.704. The van der Waals surface area contributed by atoms with Crippen LogP contribution >= 0.6 is 0 Å². The van der Waals surface area contributed by atoms with E-state index in [1.54, 1.807) is 6.20 Å². The van der Waals surface area contributed by atoms with Crippen LogP contribution in [-0.2, 0) is 6.54 Å². The van der Waals surface area contributed by atoms with Gasteiger partial charge in [-0.15, -0.1) is 0 Å². The van der Waals surface area contributed by atoms with Gasteiger partial charge in [-0.25, -0.2) is 4.98 Å². The monoisotopic (exact) mass is 165 g/mol. The first-order valence-electron chi connectivity index (χ1n) is 4.20. The Morgan fingerprint density at radius 2 is 2.33 bits per heavy atom. The van der Waals surface area contributed by atoms with E-state index < -0.39 is 0 Å². The molecule has 0 saturated carbocycles. The fourth-order valence-corrected chi connectivity index (χ4v) is 1.10. The molecule has 1 aromatic rings. The zero-order valence-corrected chi connectivity index (χ0v) is 7.59. The molecule has 0 spiro atoms. The lowest BCUT2D eigenvalue weighted by molar-refractivity contribution is 0.814. The minimum atomic E-state index is 0.857. The second-order valence-corrected chi connectivity index (χ2v) is 2.57. The molecule has 0 saturated heterocycles. The average molecular weight is 165 g/mol. The molecule has 1 aromatic heterocycles. The highest BCUT2D eigenvalue weighted by Gasteiger charge is 1.98. The molecule has 0 aliphatic heterocycles. The van der Waals surface area contributed by atoms with Gasteiger partial charge in [0.05, 0.1) is 0 Å². The Morgan fingerprint density at radius 3 is 3.00 bits per heavy atom. The third kappa shape index (κ3) is 2.20. The van der Waals surface area contributed by atoms with Crippen molar-refractivity contribution in [1.82, 2.24) is 10.3 Å². The van der Waals surface area contributed by atoms with E-state index in [4.69, 9.17) is 0 Å². The van der Waals surface area contributed by atoms with Crippen LogP contribution in [0.1, 0.15) is 12.5 Å². The molecule has 3 nitrogen and oxygen atoms in total. The molecule has 12 heavy (non-hydrogen) atoms. The van der Waals surface area contributed by atoms with E-state index in [1.807, 2.05) is 13.1 Å². The maximum absolute atomic E-state index is 4.24. The second kappa shape index (κ2) is 4.72. The first-order valence-corrected chi connectivity index (χ1v) is 4.20. The van der Waals surface area contributed by atoms with Gasteiger partial charge in [0.1, 0.15) is 5.82 Å². The molecule has 0 radical (unpaired) electrons. The summed E-state index contributed by atoms with van der Waals surface area (Å²) in [6, 6.07) is 4.02. The van der Waals surface area contributed by atoms with Crippen molar-refractivity contribution >= 4 is 5.82 Å². The van der Waals surface area contributed by atoms with Crippen molar-refractivity contribution in [3.05, 3.63) is 23.9 Å². The molecule has 3 heteroatoms. The Balaban J connectivity index is 2.77. The number of pyridine rings is 1. The van der Waals surface area contributed by atoms with Crippen LogP contribution in [0.15, 0.2) is 18.3 Å². The van der Waals surface area contributed by atoms with Gasteiger partial charge in [-0.1, -0.05) is 6.07 Å². The topological polar surface area (TPSA) is 37.0 Å². The first kappa shape index (κ1) is 9.00. The van der Waals surface area contributed by atoms with Gasteiger partial charge in [0.2, 0.25) is 0 Å². The number of hydrogen-bond acceptors (Lipinski definition) is 3. The van der Waals surface area contributed by atoms with Crippen LogP contribution in [0.5, 0.6) is 0 Å². The van der Waals surface area contributed by atoms with E-state index >= 15 is 0 Å². The number of nitrogens with zero attached hydrogens (tertiary/aromatic N) is 1. The van der Waals surface area contributed by atoms with Crippen molar-refractivity contribution in [3.8, 4) is 0 Å². The Kier molecular flexibility index (Phi) is 3.54. The fraction of sp³-hybridized carbons (Fsp3) is 0.444. The van der Waals surface area contributed by atoms with Crippen molar-refractivity contribution in [2.24, 2.45) is 0 Å². The van der Waals surface area contributed by atoms with Crippen LogP contribution in [0.2, 0.25) is 0 Å². The molecule has 2 N–H and O–H groups in total. The Labute approximate surface area is 73.2 Å². The van der Waals surface area contributed by atoms with E-state index in [0.717, 1.165) is 18.9 Å². The molecule has 0 amide bonds. The summed E-state index contributed by atoms with van der Waals surface area (Å²) in [6.07, 6.45) is 1.80. The van der Waals surface area contributed by atoms with Gasteiger partial charge in [0.25, 0.3) is 0 Å². The Morgan fingerprint density at radius 1 is 1.50 bits per heavy atom. The third-order valence-corrected chi connectivity index (χ3v) is 1.60. The SMILES string of the molecule is CCNc1ncccc1CNC. The highest BCUT2D eigenvalue weighted by molar-refractivity contribution is 5.43.